The molecule has 0 saturated heterocycles. The van der Waals surface area contributed by atoms with Crippen LogP contribution in [0.3, 0.4) is 0 Å². The molecule has 2 aromatic heterocycles. The zero-order valence-corrected chi connectivity index (χ0v) is 10.2. The molecule has 0 fully saturated rings. The quantitative estimate of drug-likeness (QED) is 0.894. The maximum atomic E-state index is 5.99. The Morgan fingerprint density at radius 1 is 1.64 bits per heavy atom. The molecule has 2 aromatic rings. The average molecular weight is 293 g/mol. The zero-order chi connectivity index (χ0) is 10.1. The number of aromatic nitrogens is 2. The number of halogens is 2. The second-order valence-electron chi connectivity index (χ2n) is 2.68. The van der Waals surface area contributed by atoms with Gasteiger partial charge in [-0.05, 0) is 22.0 Å². The van der Waals surface area contributed by atoms with Crippen LogP contribution in [0.25, 0.3) is 10.6 Å². The molecule has 3 N–H and O–H groups in total. The SMILES string of the molecule is NCc1nc(-c2cc(Br)cs2)c(Cl)[nH]1. The van der Waals surface area contributed by atoms with E-state index in [1.165, 1.54) is 0 Å². The van der Waals surface area contributed by atoms with Gasteiger partial charge in [0.05, 0.1) is 11.4 Å². The first-order chi connectivity index (χ1) is 6.70. The summed E-state index contributed by atoms with van der Waals surface area (Å²) in [4.78, 5) is 8.24. The van der Waals surface area contributed by atoms with Crippen molar-refractivity contribution < 1.29 is 0 Å². The summed E-state index contributed by atoms with van der Waals surface area (Å²) < 4.78 is 1.03. The van der Waals surface area contributed by atoms with Gasteiger partial charge in [0.25, 0.3) is 0 Å². The summed E-state index contributed by atoms with van der Waals surface area (Å²) in [5, 5.41) is 2.53. The van der Waals surface area contributed by atoms with E-state index in [1.54, 1.807) is 11.3 Å². The number of imidazole rings is 1. The van der Waals surface area contributed by atoms with Crippen molar-refractivity contribution in [3.05, 3.63) is 26.9 Å². The van der Waals surface area contributed by atoms with Gasteiger partial charge in [0.2, 0.25) is 0 Å². The Morgan fingerprint density at radius 2 is 2.43 bits per heavy atom. The van der Waals surface area contributed by atoms with E-state index in [-0.39, 0.29) is 0 Å². The summed E-state index contributed by atoms with van der Waals surface area (Å²) in [6.45, 7) is 0.367. The van der Waals surface area contributed by atoms with Crippen LogP contribution in [0.2, 0.25) is 5.15 Å². The third kappa shape index (κ3) is 1.86. The number of hydrogen-bond acceptors (Lipinski definition) is 3. The average Bonchev–Trinajstić information content (AvgIpc) is 2.71. The summed E-state index contributed by atoms with van der Waals surface area (Å²) in [6.07, 6.45) is 0. The van der Waals surface area contributed by atoms with Gasteiger partial charge in [0.15, 0.2) is 0 Å². The predicted molar refractivity (Wildman–Crippen MR) is 62.5 cm³/mol. The summed E-state index contributed by atoms with van der Waals surface area (Å²) >= 11 is 11.0. The highest BCUT2D eigenvalue weighted by Gasteiger charge is 2.11. The van der Waals surface area contributed by atoms with E-state index < -0.39 is 0 Å². The van der Waals surface area contributed by atoms with E-state index in [0.717, 1.165) is 15.0 Å². The normalized spacial score (nSPS) is 10.8. The Labute approximate surface area is 98.4 Å². The van der Waals surface area contributed by atoms with Crippen LogP contribution in [-0.4, -0.2) is 9.97 Å². The van der Waals surface area contributed by atoms with E-state index in [2.05, 4.69) is 25.9 Å². The molecule has 2 heterocycles. The molecule has 0 amide bonds. The van der Waals surface area contributed by atoms with Crippen LogP contribution >= 0.6 is 38.9 Å². The molecule has 0 spiro atoms. The summed E-state index contributed by atoms with van der Waals surface area (Å²) in [5.74, 6) is 0.703. The van der Waals surface area contributed by atoms with Crippen LogP contribution in [0, 0.1) is 0 Å². The van der Waals surface area contributed by atoms with Crippen LogP contribution in [-0.2, 0) is 6.54 Å². The second-order valence-corrected chi connectivity index (χ2v) is 4.88. The van der Waals surface area contributed by atoms with E-state index in [4.69, 9.17) is 17.3 Å². The third-order valence-corrected chi connectivity index (χ3v) is 3.67. The van der Waals surface area contributed by atoms with Gasteiger partial charge < -0.3 is 10.7 Å². The Bertz CT molecular complexity index is 451. The Balaban J connectivity index is 2.45. The number of hydrogen-bond donors (Lipinski definition) is 2. The summed E-state index contributed by atoms with van der Waals surface area (Å²) in [7, 11) is 0. The first-order valence-corrected chi connectivity index (χ1v) is 5.94. The minimum Gasteiger partial charge on any atom is -0.331 e. The van der Waals surface area contributed by atoms with Crippen molar-refractivity contribution in [1.29, 1.82) is 0 Å². The molecule has 0 radical (unpaired) electrons. The third-order valence-electron chi connectivity index (χ3n) is 1.70. The van der Waals surface area contributed by atoms with Gasteiger partial charge in [0.1, 0.15) is 16.7 Å². The number of thiophene rings is 1. The summed E-state index contributed by atoms with van der Waals surface area (Å²) in [6, 6.07) is 1.98. The zero-order valence-electron chi connectivity index (χ0n) is 7.05. The number of H-pyrrole nitrogens is 1. The van der Waals surface area contributed by atoms with Crippen LogP contribution in [0.4, 0.5) is 0 Å². The molecule has 0 aliphatic carbocycles. The summed E-state index contributed by atoms with van der Waals surface area (Å²) in [5.41, 5.74) is 6.22. The van der Waals surface area contributed by atoms with E-state index in [1.807, 2.05) is 11.4 Å². The number of nitrogens with zero attached hydrogens (tertiary/aromatic N) is 1. The lowest BCUT2D eigenvalue weighted by Gasteiger charge is -1.88. The molecule has 74 valence electrons. The van der Waals surface area contributed by atoms with Crippen molar-refractivity contribution >= 4 is 38.9 Å². The highest BCUT2D eigenvalue weighted by molar-refractivity contribution is 9.10. The molecule has 0 unspecified atom stereocenters. The molecule has 0 aliphatic rings. The molecule has 0 bridgehead atoms. The molecular weight excluding hydrogens is 286 g/mol. The number of aromatic amines is 1. The van der Waals surface area contributed by atoms with Gasteiger partial charge in [-0.25, -0.2) is 4.98 Å². The van der Waals surface area contributed by atoms with Gasteiger partial charge in [-0.3, -0.25) is 0 Å². The van der Waals surface area contributed by atoms with Crippen LogP contribution in [0.15, 0.2) is 15.9 Å². The van der Waals surface area contributed by atoms with Crippen LogP contribution in [0.1, 0.15) is 5.82 Å². The first kappa shape index (κ1) is 10.2. The van der Waals surface area contributed by atoms with Crippen molar-refractivity contribution in [2.24, 2.45) is 5.73 Å². The smallest absolute Gasteiger partial charge is 0.135 e. The van der Waals surface area contributed by atoms with E-state index in [9.17, 15) is 0 Å². The Hall–Kier alpha value is -0.360. The monoisotopic (exact) mass is 291 g/mol. The fourth-order valence-electron chi connectivity index (χ4n) is 1.10. The molecule has 0 aromatic carbocycles. The van der Waals surface area contributed by atoms with Crippen LogP contribution < -0.4 is 5.73 Å². The largest absolute Gasteiger partial charge is 0.331 e. The minimum absolute atomic E-state index is 0.367. The van der Waals surface area contributed by atoms with Gasteiger partial charge in [-0.15, -0.1) is 11.3 Å². The Kier molecular flexibility index (Phi) is 2.92. The van der Waals surface area contributed by atoms with E-state index >= 15 is 0 Å². The lowest BCUT2D eigenvalue weighted by Crippen LogP contribution is -1.97. The Morgan fingerprint density at radius 3 is 2.93 bits per heavy atom. The van der Waals surface area contributed by atoms with Gasteiger partial charge in [0, 0.05) is 9.85 Å². The molecular formula is C8H7BrClN3S. The molecule has 0 saturated carbocycles. The highest BCUT2D eigenvalue weighted by atomic mass is 79.9. The van der Waals surface area contributed by atoms with Crippen molar-refractivity contribution in [1.82, 2.24) is 9.97 Å². The first-order valence-electron chi connectivity index (χ1n) is 3.89. The number of nitrogens with two attached hydrogens (primary N) is 1. The maximum Gasteiger partial charge on any atom is 0.135 e. The molecule has 3 nitrogen and oxygen atoms in total. The molecule has 14 heavy (non-hydrogen) atoms. The van der Waals surface area contributed by atoms with Crippen molar-refractivity contribution in [3.63, 3.8) is 0 Å². The number of rotatable bonds is 2. The lowest BCUT2D eigenvalue weighted by molar-refractivity contribution is 0.951. The highest BCUT2D eigenvalue weighted by Crippen LogP contribution is 2.32. The number of nitrogens with one attached hydrogen (secondary N) is 1. The molecule has 2 rings (SSSR count). The molecule has 0 atom stereocenters. The van der Waals surface area contributed by atoms with Crippen molar-refractivity contribution in [2.75, 3.05) is 0 Å². The fraction of sp³-hybridized carbons (Fsp3) is 0.125. The topological polar surface area (TPSA) is 54.7 Å². The van der Waals surface area contributed by atoms with Gasteiger partial charge >= 0.3 is 0 Å². The van der Waals surface area contributed by atoms with Gasteiger partial charge in [-0.1, -0.05) is 11.6 Å². The van der Waals surface area contributed by atoms with Gasteiger partial charge in [-0.2, -0.15) is 0 Å². The van der Waals surface area contributed by atoms with Crippen molar-refractivity contribution in [3.8, 4) is 10.6 Å². The fourth-order valence-corrected chi connectivity index (χ4v) is 2.83. The maximum absolute atomic E-state index is 5.99. The van der Waals surface area contributed by atoms with Crippen molar-refractivity contribution in [2.45, 2.75) is 6.54 Å². The predicted octanol–water partition coefficient (Wildman–Crippen LogP) is 3.01. The standard InChI is InChI=1S/C8H7BrClN3S/c9-4-1-5(14-3-4)7-8(10)13-6(2-11)12-7/h1,3H,2,11H2,(H,12,13). The van der Waals surface area contributed by atoms with Crippen LogP contribution in [0.5, 0.6) is 0 Å². The lowest BCUT2D eigenvalue weighted by atomic mass is 10.4. The second kappa shape index (κ2) is 4.02. The molecule has 6 heteroatoms. The van der Waals surface area contributed by atoms with E-state index in [0.29, 0.717) is 17.5 Å². The minimum atomic E-state index is 0.367. The molecule has 0 aliphatic heterocycles.